The van der Waals surface area contributed by atoms with Crippen molar-refractivity contribution in [3.8, 4) is 0 Å². The molecule has 5 heteroatoms. The standard InChI is InChI=1S/C19H15BrF3N/c1-14-6-12-17(13-7-14)24-18(19(21,22)23)5-3-2-4-15-8-10-16(20)11-9-15/h2-13H,1H3/b4-2+,5-3+,24-18?. The number of rotatable bonds is 4. The van der Waals surface area contributed by atoms with Crippen LogP contribution in [-0.2, 0) is 0 Å². The fourth-order valence-electron chi connectivity index (χ4n) is 1.84. The quantitative estimate of drug-likeness (QED) is 0.406. The lowest BCUT2D eigenvalue weighted by atomic mass is 10.2. The number of alkyl halides is 3. The normalized spacial score (nSPS) is 13.1. The van der Waals surface area contributed by atoms with E-state index in [9.17, 15) is 13.2 Å². The van der Waals surface area contributed by atoms with Gasteiger partial charge in [0, 0.05) is 4.47 Å². The third kappa shape index (κ3) is 5.81. The molecule has 0 saturated carbocycles. The maximum absolute atomic E-state index is 13.1. The number of benzene rings is 2. The van der Waals surface area contributed by atoms with Gasteiger partial charge < -0.3 is 0 Å². The van der Waals surface area contributed by atoms with E-state index in [1.165, 1.54) is 6.08 Å². The highest BCUT2D eigenvalue weighted by molar-refractivity contribution is 9.10. The summed E-state index contributed by atoms with van der Waals surface area (Å²) in [6.07, 6.45) is 1.08. The molecule has 0 atom stereocenters. The molecule has 0 N–H and O–H groups in total. The Balaban J connectivity index is 2.17. The Morgan fingerprint density at radius 2 is 1.58 bits per heavy atom. The van der Waals surface area contributed by atoms with Crippen LogP contribution >= 0.6 is 15.9 Å². The highest BCUT2D eigenvalue weighted by Crippen LogP contribution is 2.23. The molecule has 0 bridgehead atoms. The SMILES string of the molecule is Cc1ccc(N=C(/C=C/C=C/c2ccc(Br)cc2)C(F)(F)F)cc1. The molecule has 124 valence electrons. The van der Waals surface area contributed by atoms with Gasteiger partial charge in [-0.1, -0.05) is 64.0 Å². The molecular formula is C19H15BrF3N. The molecule has 2 aromatic rings. The van der Waals surface area contributed by atoms with Crippen LogP contribution in [0, 0.1) is 6.92 Å². The van der Waals surface area contributed by atoms with Crippen LogP contribution in [0.2, 0.25) is 0 Å². The van der Waals surface area contributed by atoms with Gasteiger partial charge in [-0.2, -0.15) is 13.2 Å². The van der Waals surface area contributed by atoms with Crippen LogP contribution in [0.4, 0.5) is 18.9 Å². The molecule has 24 heavy (non-hydrogen) atoms. The topological polar surface area (TPSA) is 12.4 Å². The van der Waals surface area contributed by atoms with Gasteiger partial charge in [0.15, 0.2) is 0 Å². The summed E-state index contributed by atoms with van der Waals surface area (Å²) in [6.45, 7) is 1.87. The molecule has 0 amide bonds. The Morgan fingerprint density at radius 3 is 2.17 bits per heavy atom. The first-order valence-electron chi connectivity index (χ1n) is 7.17. The molecule has 0 fully saturated rings. The number of hydrogen-bond donors (Lipinski definition) is 0. The Labute approximate surface area is 147 Å². The first kappa shape index (κ1) is 18.2. The Bertz CT molecular complexity index is 755. The second-order valence-electron chi connectivity index (χ2n) is 5.10. The van der Waals surface area contributed by atoms with Crippen molar-refractivity contribution in [2.45, 2.75) is 13.1 Å². The summed E-state index contributed by atoms with van der Waals surface area (Å²) in [6, 6.07) is 14.0. The van der Waals surface area contributed by atoms with Gasteiger partial charge >= 0.3 is 6.18 Å². The molecule has 0 spiro atoms. The molecule has 0 aromatic heterocycles. The van der Waals surface area contributed by atoms with Gasteiger partial charge in [-0.05, 0) is 42.8 Å². The van der Waals surface area contributed by atoms with Crippen LogP contribution in [0.3, 0.4) is 0 Å². The molecule has 0 radical (unpaired) electrons. The third-order valence-electron chi connectivity index (χ3n) is 3.10. The van der Waals surface area contributed by atoms with E-state index in [1.807, 2.05) is 31.2 Å². The van der Waals surface area contributed by atoms with Crippen LogP contribution in [0.5, 0.6) is 0 Å². The summed E-state index contributed by atoms with van der Waals surface area (Å²) in [5, 5.41) is 0. The molecule has 1 nitrogen and oxygen atoms in total. The summed E-state index contributed by atoms with van der Waals surface area (Å²) in [7, 11) is 0. The predicted octanol–water partition coefficient (Wildman–Crippen LogP) is 6.66. The van der Waals surface area contributed by atoms with Crippen molar-refractivity contribution in [2.75, 3.05) is 0 Å². The zero-order valence-electron chi connectivity index (χ0n) is 12.9. The minimum absolute atomic E-state index is 0.273. The number of halogens is 4. The molecule has 2 aromatic carbocycles. The van der Waals surface area contributed by atoms with Crippen LogP contribution in [0.15, 0.2) is 76.2 Å². The Hall–Kier alpha value is -2.14. The number of aryl methyl sites for hydroxylation is 1. The predicted molar refractivity (Wildman–Crippen MR) is 96.6 cm³/mol. The van der Waals surface area contributed by atoms with E-state index in [2.05, 4.69) is 20.9 Å². The molecule has 0 heterocycles. The van der Waals surface area contributed by atoms with E-state index in [-0.39, 0.29) is 5.69 Å². The average Bonchev–Trinajstić information content (AvgIpc) is 2.53. The van der Waals surface area contributed by atoms with Crippen molar-refractivity contribution in [3.05, 3.63) is 82.4 Å². The fraction of sp³-hybridized carbons (Fsp3) is 0.105. The van der Waals surface area contributed by atoms with Gasteiger partial charge in [0.1, 0.15) is 5.71 Å². The number of nitrogens with zero attached hydrogens (tertiary/aromatic N) is 1. The van der Waals surface area contributed by atoms with Crippen molar-refractivity contribution in [1.82, 2.24) is 0 Å². The number of hydrogen-bond acceptors (Lipinski definition) is 1. The van der Waals surface area contributed by atoms with Gasteiger partial charge in [-0.3, -0.25) is 0 Å². The maximum Gasteiger partial charge on any atom is 0.433 e. The smallest absolute Gasteiger partial charge is 0.244 e. The average molecular weight is 394 g/mol. The van der Waals surface area contributed by atoms with E-state index in [0.717, 1.165) is 21.7 Å². The van der Waals surface area contributed by atoms with Gasteiger partial charge in [-0.15, -0.1) is 0 Å². The van der Waals surface area contributed by atoms with Crippen LogP contribution < -0.4 is 0 Å². The molecule has 0 aliphatic heterocycles. The van der Waals surface area contributed by atoms with Crippen molar-refractivity contribution in [3.63, 3.8) is 0 Å². The summed E-state index contributed by atoms with van der Waals surface area (Å²) in [5.41, 5.74) is 1.20. The summed E-state index contributed by atoms with van der Waals surface area (Å²) < 4.78 is 40.1. The first-order chi connectivity index (χ1) is 11.3. The van der Waals surface area contributed by atoms with Gasteiger partial charge in [-0.25, -0.2) is 4.99 Å². The van der Waals surface area contributed by atoms with Gasteiger partial charge in [0.2, 0.25) is 0 Å². The fourth-order valence-corrected chi connectivity index (χ4v) is 2.11. The van der Waals surface area contributed by atoms with E-state index >= 15 is 0 Å². The van der Waals surface area contributed by atoms with E-state index < -0.39 is 11.9 Å². The zero-order valence-corrected chi connectivity index (χ0v) is 14.5. The third-order valence-corrected chi connectivity index (χ3v) is 3.63. The summed E-state index contributed by atoms with van der Waals surface area (Å²) in [5.74, 6) is 0. The monoisotopic (exact) mass is 393 g/mol. The van der Waals surface area contributed by atoms with Crippen molar-refractivity contribution < 1.29 is 13.2 Å². The van der Waals surface area contributed by atoms with Crippen LogP contribution in [0.25, 0.3) is 6.08 Å². The highest BCUT2D eigenvalue weighted by Gasteiger charge is 2.33. The zero-order chi connectivity index (χ0) is 17.6. The highest BCUT2D eigenvalue weighted by atomic mass is 79.9. The molecule has 0 aliphatic rings. The van der Waals surface area contributed by atoms with Gasteiger partial charge in [0.05, 0.1) is 5.69 Å². The minimum Gasteiger partial charge on any atom is -0.244 e. The van der Waals surface area contributed by atoms with Crippen LogP contribution in [-0.4, -0.2) is 11.9 Å². The number of aliphatic imine (C=N–C) groups is 1. The largest absolute Gasteiger partial charge is 0.433 e. The van der Waals surface area contributed by atoms with Crippen LogP contribution in [0.1, 0.15) is 11.1 Å². The molecular weight excluding hydrogens is 379 g/mol. The molecule has 0 aliphatic carbocycles. The molecule has 2 rings (SSSR count). The lowest BCUT2D eigenvalue weighted by Gasteiger charge is -2.06. The van der Waals surface area contributed by atoms with Crippen molar-refractivity contribution in [1.29, 1.82) is 0 Å². The molecule has 0 saturated heterocycles. The van der Waals surface area contributed by atoms with E-state index in [0.29, 0.717) is 0 Å². The minimum atomic E-state index is -4.51. The summed E-state index contributed by atoms with van der Waals surface area (Å²) >= 11 is 3.33. The van der Waals surface area contributed by atoms with Crippen molar-refractivity contribution in [2.24, 2.45) is 4.99 Å². The lowest BCUT2D eigenvalue weighted by Crippen LogP contribution is -2.20. The number of allylic oxidation sites excluding steroid dienone is 3. The van der Waals surface area contributed by atoms with E-state index in [4.69, 9.17) is 0 Å². The maximum atomic E-state index is 13.1. The Kier molecular flexibility index (Phi) is 6.15. The van der Waals surface area contributed by atoms with Crippen molar-refractivity contribution >= 4 is 33.4 Å². The Morgan fingerprint density at radius 1 is 0.958 bits per heavy atom. The second kappa shape index (κ2) is 8.11. The van der Waals surface area contributed by atoms with E-state index in [1.54, 1.807) is 36.4 Å². The second-order valence-corrected chi connectivity index (χ2v) is 6.02. The summed E-state index contributed by atoms with van der Waals surface area (Å²) in [4.78, 5) is 3.69. The lowest BCUT2D eigenvalue weighted by molar-refractivity contribution is -0.0576. The first-order valence-corrected chi connectivity index (χ1v) is 7.97. The van der Waals surface area contributed by atoms with Gasteiger partial charge in [0.25, 0.3) is 0 Å². The molecule has 0 unspecified atom stereocenters.